The first-order chi connectivity index (χ1) is 10.1. The molecule has 1 amide bonds. The van der Waals surface area contributed by atoms with Crippen molar-refractivity contribution in [1.29, 1.82) is 5.26 Å². The summed E-state index contributed by atoms with van der Waals surface area (Å²) in [5.41, 5.74) is 1.18. The average molecular weight is 287 g/mol. The number of hydrogen-bond acceptors (Lipinski definition) is 4. The zero-order valence-electron chi connectivity index (χ0n) is 12.2. The number of aliphatic hydroxyl groups is 1. The fraction of sp³-hybridized carbons (Fsp3) is 0.500. The molecule has 21 heavy (non-hydrogen) atoms. The number of carbonyl (C=O) groups is 1. The zero-order chi connectivity index (χ0) is 15.2. The molecule has 1 fully saturated rings. The third-order valence-corrected chi connectivity index (χ3v) is 4.04. The van der Waals surface area contributed by atoms with Crippen molar-refractivity contribution < 1.29 is 9.90 Å². The lowest BCUT2D eigenvalue weighted by molar-refractivity contribution is -0.120. The van der Waals surface area contributed by atoms with Crippen LogP contribution in [-0.2, 0) is 4.79 Å². The molecule has 1 aliphatic rings. The van der Waals surface area contributed by atoms with Crippen LogP contribution in [0.1, 0.15) is 25.3 Å². The highest BCUT2D eigenvalue weighted by atomic mass is 16.3. The minimum Gasteiger partial charge on any atom is -0.396 e. The molecule has 1 aliphatic heterocycles. The number of benzene rings is 1. The zero-order valence-corrected chi connectivity index (χ0v) is 12.2. The number of nitrogens with zero attached hydrogens (tertiary/aromatic N) is 2. The Morgan fingerprint density at radius 2 is 2.43 bits per heavy atom. The molecule has 5 nitrogen and oxygen atoms in total. The van der Waals surface area contributed by atoms with E-state index in [0.717, 1.165) is 25.9 Å². The van der Waals surface area contributed by atoms with Crippen LogP contribution in [0.3, 0.4) is 0 Å². The number of aliphatic hydroxyl groups excluding tert-OH is 1. The van der Waals surface area contributed by atoms with Gasteiger partial charge in [0.2, 0.25) is 5.91 Å². The Bertz CT molecular complexity index is 539. The van der Waals surface area contributed by atoms with Crippen molar-refractivity contribution in [3.63, 3.8) is 0 Å². The fourth-order valence-corrected chi connectivity index (χ4v) is 2.71. The Morgan fingerprint density at radius 3 is 3.14 bits per heavy atom. The molecular weight excluding hydrogens is 266 g/mol. The van der Waals surface area contributed by atoms with Gasteiger partial charge in [0.15, 0.2) is 0 Å². The van der Waals surface area contributed by atoms with Crippen LogP contribution in [-0.4, -0.2) is 41.7 Å². The number of carbonyl (C=O) groups excluding carboxylic acids is 1. The van der Waals surface area contributed by atoms with Crippen LogP contribution < -0.4 is 5.32 Å². The van der Waals surface area contributed by atoms with Crippen molar-refractivity contribution in [3.05, 3.63) is 29.8 Å². The van der Waals surface area contributed by atoms with Gasteiger partial charge in [-0.15, -0.1) is 0 Å². The summed E-state index contributed by atoms with van der Waals surface area (Å²) in [6.45, 7) is 3.84. The average Bonchev–Trinajstić information content (AvgIpc) is 2.95. The van der Waals surface area contributed by atoms with Gasteiger partial charge in [0.05, 0.1) is 17.7 Å². The van der Waals surface area contributed by atoms with E-state index in [2.05, 4.69) is 16.3 Å². The van der Waals surface area contributed by atoms with Crippen LogP contribution in [0.5, 0.6) is 0 Å². The summed E-state index contributed by atoms with van der Waals surface area (Å²) in [6.07, 6.45) is 1.83. The Hall–Kier alpha value is -1.90. The lowest BCUT2D eigenvalue weighted by Crippen LogP contribution is -2.40. The summed E-state index contributed by atoms with van der Waals surface area (Å²) in [6, 6.07) is 8.77. The van der Waals surface area contributed by atoms with Crippen LogP contribution >= 0.6 is 0 Å². The minimum atomic E-state index is -0.209. The Balaban J connectivity index is 1.92. The summed E-state index contributed by atoms with van der Waals surface area (Å²) >= 11 is 0. The van der Waals surface area contributed by atoms with Gasteiger partial charge in [-0.1, -0.05) is 6.07 Å². The quantitative estimate of drug-likeness (QED) is 0.862. The molecule has 2 rings (SSSR count). The molecule has 2 N–H and O–H groups in total. The molecule has 1 aromatic carbocycles. The van der Waals surface area contributed by atoms with E-state index in [0.29, 0.717) is 17.2 Å². The molecule has 0 aliphatic carbocycles. The molecular formula is C16H21N3O2. The van der Waals surface area contributed by atoms with Crippen LogP contribution in [0.15, 0.2) is 24.3 Å². The van der Waals surface area contributed by atoms with Crippen molar-refractivity contribution in [2.24, 2.45) is 5.92 Å². The molecule has 1 heterocycles. The third-order valence-electron chi connectivity index (χ3n) is 4.04. The molecule has 0 bridgehead atoms. The van der Waals surface area contributed by atoms with Crippen molar-refractivity contribution in [1.82, 2.24) is 4.90 Å². The third kappa shape index (κ3) is 4.03. The summed E-state index contributed by atoms with van der Waals surface area (Å²) in [5, 5.41) is 20.7. The van der Waals surface area contributed by atoms with E-state index in [9.17, 15) is 4.79 Å². The number of anilines is 1. The van der Waals surface area contributed by atoms with Crippen LogP contribution in [0.25, 0.3) is 0 Å². The van der Waals surface area contributed by atoms with Crippen molar-refractivity contribution in [3.8, 4) is 6.07 Å². The van der Waals surface area contributed by atoms with Gasteiger partial charge < -0.3 is 10.4 Å². The second kappa shape index (κ2) is 7.21. The summed E-state index contributed by atoms with van der Waals surface area (Å²) in [4.78, 5) is 14.4. The van der Waals surface area contributed by atoms with Crippen LogP contribution in [0, 0.1) is 17.2 Å². The van der Waals surface area contributed by atoms with Gasteiger partial charge in [-0.25, -0.2) is 0 Å². The number of amides is 1. The molecule has 1 aromatic rings. The monoisotopic (exact) mass is 287 g/mol. The van der Waals surface area contributed by atoms with Crippen molar-refractivity contribution in [2.45, 2.75) is 25.8 Å². The van der Waals surface area contributed by atoms with Gasteiger partial charge in [0.1, 0.15) is 0 Å². The second-order valence-electron chi connectivity index (χ2n) is 5.52. The van der Waals surface area contributed by atoms with E-state index >= 15 is 0 Å². The van der Waals surface area contributed by atoms with E-state index in [-0.39, 0.29) is 18.6 Å². The fourth-order valence-electron chi connectivity index (χ4n) is 2.71. The number of hydrogen-bond donors (Lipinski definition) is 2. The van der Waals surface area contributed by atoms with E-state index in [4.69, 9.17) is 10.4 Å². The minimum absolute atomic E-state index is 0.0604. The van der Waals surface area contributed by atoms with Gasteiger partial charge >= 0.3 is 0 Å². The normalized spacial score (nSPS) is 20.0. The highest BCUT2D eigenvalue weighted by molar-refractivity contribution is 5.94. The lowest BCUT2D eigenvalue weighted by atomic mass is 10.1. The highest BCUT2D eigenvalue weighted by Gasteiger charge is 2.29. The number of nitrogens with one attached hydrogen (secondary N) is 1. The summed E-state index contributed by atoms with van der Waals surface area (Å²) < 4.78 is 0. The predicted octanol–water partition coefficient (Wildman–Crippen LogP) is 1.59. The number of rotatable bonds is 5. The molecule has 1 saturated heterocycles. The Morgan fingerprint density at radius 1 is 1.62 bits per heavy atom. The van der Waals surface area contributed by atoms with Gasteiger partial charge in [0.25, 0.3) is 0 Å². The summed E-state index contributed by atoms with van der Waals surface area (Å²) in [7, 11) is 0. The first kappa shape index (κ1) is 15.5. The maximum atomic E-state index is 12.3. The van der Waals surface area contributed by atoms with Crippen molar-refractivity contribution >= 4 is 11.6 Å². The number of nitriles is 1. The molecule has 112 valence electrons. The molecule has 0 saturated carbocycles. The van der Waals surface area contributed by atoms with E-state index in [1.807, 2.05) is 6.92 Å². The second-order valence-corrected chi connectivity index (χ2v) is 5.52. The standard InChI is InChI=1S/C16H21N3O2/c1-12(19-7-5-13(11-19)6-8-20)16(21)18-15-4-2-3-14(9-15)10-17/h2-4,9,12-13,20H,5-8,11H2,1H3,(H,18,21). The lowest BCUT2D eigenvalue weighted by Gasteiger charge is -2.23. The Kier molecular flexibility index (Phi) is 5.32. The van der Waals surface area contributed by atoms with Gasteiger partial charge in [0, 0.05) is 18.8 Å². The molecule has 2 atom stereocenters. The Labute approximate surface area is 125 Å². The number of likely N-dealkylation sites (tertiary alicyclic amines) is 1. The molecule has 0 radical (unpaired) electrons. The topological polar surface area (TPSA) is 76.4 Å². The van der Waals surface area contributed by atoms with Gasteiger partial charge in [-0.05, 0) is 50.4 Å². The predicted molar refractivity (Wildman–Crippen MR) is 80.6 cm³/mol. The van der Waals surface area contributed by atoms with Crippen LogP contribution in [0.2, 0.25) is 0 Å². The van der Waals surface area contributed by atoms with Crippen molar-refractivity contribution in [2.75, 3.05) is 25.0 Å². The van der Waals surface area contributed by atoms with E-state index < -0.39 is 0 Å². The maximum absolute atomic E-state index is 12.3. The first-order valence-electron chi connectivity index (χ1n) is 7.30. The maximum Gasteiger partial charge on any atom is 0.241 e. The van der Waals surface area contributed by atoms with E-state index in [1.165, 1.54) is 0 Å². The largest absolute Gasteiger partial charge is 0.396 e. The SMILES string of the molecule is CC(C(=O)Nc1cccc(C#N)c1)N1CCC(CCO)C1. The molecule has 5 heteroatoms. The molecule has 0 aromatic heterocycles. The van der Waals surface area contributed by atoms with Crippen LogP contribution in [0.4, 0.5) is 5.69 Å². The van der Waals surface area contributed by atoms with E-state index in [1.54, 1.807) is 24.3 Å². The molecule has 2 unspecified atom stereocenters. The molecule has 0 spiro atoms. The highest BCUT2D eigenvalue weighted by Crippen LogP contribution is 2.22. The van der Waals surface area contributed by atoms with Gasteiger partial charge in [-0.2, -0.15) is 5.26 Å². The van der Waals surface area contributed by atoms with Gasteiger partial charge in [-0.3, -0.25) is 9.69 Å². The first-order valence-corrected chi connectivity index (χ1v) is 7.30. The smallest absolute Gasteiger partial charge is 0.241 e. The summed E-state index contributed by atoms with van der Waals surface area (Å²) in [5.74, 6) is 0.418.